The van der Waals surface area contributed by atoms with Crippen molar-refractivity contribution in [3.8, 4) is 0 Å². The molecule has 4 nitrogen and oxygen atoms in total. The summed E-state index contributed by atoms with van der Waals surface area (Å²) in [6, 6.07) is 4.11. The van der Waals surface area contributed by atoms with E-state index in [0.717, 1.165) is 24.7 Å². The van der Waals surface area contributed by atoms with Gasteiger partial charge in [-0.1, -0.05) is 13.3 Å². The zero-order valence-electron chi connectivity index (χ0n) is 11.0. The lowest BCUT2D eigenvalue weighted by Gasteiger charge is -2.10. The van der Waals surface area contributed by atoms with Crippen LogP contribution < -0.4 is 10.6 Å². The largest absolute Gasteiger partial charge is 0.383 e. The first-order valence-corrected chi connectivity index (χ1v) is 6.21. The van der Waals surface area contributed by atoms with E-state index >= 15 is 0 Å². The van der Waals surface area contributed by atoms with E-state index in [1.807, 2.05) is 6.07 Å². The second-order valence-corrected chi connectivity index (χ2v) is 4.11. The number of methoxy groups -OCH3 is 1. The first kappa shape index (κ1) is 13.8. The highest BCUT2D eigenvalue weighted by atomic mass is 16.5. The summed E-state index contributed by atoms with van der Waals surface area (Å²) >= 11 is 0. The number of nitrogens with one attached hydrogen (secondary N) is 2. The predicted octanol–water partition coefficient (Wildman–Crippen LogP) is 2.66. The van der Waals surface area contributed by atoms with Crippen molar-refractivity contribution >= 4 is 11.6 Å². The molecule has 0 amide bonds. The van der Waals surface area contributed by atoms with Crippen LogP contribution in [0, 0.1) is 6.92 Å². The van der Waals surface area contributed by atoms with Gasteiger partial charge in [0.15, 0.2) is 0 Å². The molecule has 0 radical (unpaired) electrons. The number of unbranched alkanes of at least 4 members (excludes halogenated alkanes) is 1. The maximum Gasteiger partial charge on any atom is 0.128 e. The molecule has 0 aliphatic heterocycles. The van der Waals surface area contributed by atoms with Crippen LogP contribution >= 0.6 is 0 Å². The molecule has 0 unspecified atom stereocenters. The summed E-state index contributed by atoms with van der Waals surface area (Å²) in [7, 11) is 1.70. The zero-order chi connectivity index (χ0) is 12.5. The summed E-state index contributed by atoms with van der Waals surface area (Å²) in [6.45, 7) is 6.71. The third kappa shape index (κ3) is 5.54. The van der Waals surface area contributed by atoms with Gasteiger partial charge in [0.25, 0.3) is 0 Å². The molecule has 0 spiro atoms. The van der Waals surface area contributed by atoms with Gasteiger partial charge < -0.3 is 15.4 Å². The maximum absolute atomic E-state index is 5.00. The molecule has 0 aliphatic carbocycles. The average molecular weight is 237 g/mol. The first-order chi connectivity index (χ1) is 8.26. The summed E-state index contributed by atoms with van der Waals surface area (Å²) in [4.78, 5) is 4.50. The Labute approximate surface area is 104 Å². The van der Waals surface area contributed by atoms with E-state index in [4.69, 9.17) is 4.74 Å². The van der Waals surface area contributed by atoms with E-state index in [-0.39, 0.29) is 0 Å². The Hall–Kier alpha value is -1.29. The number of hydrogen-bond donors (Lipinski definition) is 2. The van der Waals surface area contributed by atoms with E-state index in [2.05, 4.69) is 35.5 Å². The molecule has 96 valence electrons. The smallest absolute Gasteiger partial charge is 0.128 e. The normalized spacial score (nSPS) is 10.3. The van der Waals surface area contributed by atoms with Crippen LogP contribution in [0.25, 0.3) is 0 Å². The number of pyridine rings is 1. The minimum Gasteiger partial charge on any atom is -0.383 e. The Balaban J connectivity index is 2.53. The highest BCUT2D eigenvalue weighted by Gasteiger charge is 1.99. The Kier molecular flexibility index (Phi) is 6.40. The highest BCUT2D eigenvalue weighted by molar-refractivity contribution is 5.48. The first-order valence-electron chi connectivity index (χ1n) is 6.21. The Morgan fingerprint density at radius 2 is 1.82 bits per heavy atom. The fourth-order valence-electron chi connectivity index (χ4n) is 1.52. The van der Waals surface area contributed by atoms with Gasteiger partial charge in [-0.25, -0.2) is 4.98 Å². The van der Waals surface area contributed by atoms with Gasteiger partial charge in [-0.05, 0) is 31.0 Å². The van der Waals surface area contributed by atoms with Crippen molar-refractivity contribution in [2.24, 2.45) is 0 Å². The number of nitrogens with zero attached hydrogens (tertiary/aromatic N) is 1. The Morgan fingerprint density at radius 1 is 1.18 bits per heavy atom. The highest BCUT2D eigenvalue weighted by Crippen LogP contribution is 2.13. The standard InChI is InChI=1S/C13H23N3O/c1-4-5-6-14-12-9-11(2)10-13(16-12)15-7-8-17-3/h9-10H,4-8H2,1-3H3,(H2,14,15,16). The molecule has 0 bridgehead atoms. The maximum atomic E-state index is 5.00. The van der Waals surface area contributed by atoms with E-state index in [1.165, 1.54) is 18.4 Å². The monoisotopic (exact) mass is 237 g/mol. The van der Waals surface area contributed by atoms with Gasteiger partial charge in [0.05, 0.1) is 6.61 Å². The lowest BCUT2D eigenvalue weighted by Crippen LogP contribution is -2.10. The molecule has 1 heterocycles. The van der Waals surface area contributed by atoms with E-state index < -0.39 is 0 Å². The SMILES string of the molecule is CCCCNc1cc(C)cc(NCCOC)n1. The van der Waals surface area contributed by atoms with E-state index in [0.29, 0.717) is 6.61 Å². The molecule has 1 aromatic heterocycles. The summed E-state index contributed by atoms with van der Waals surface area (Å²) in [5.41, 5.74) is 1.21. The molecule has 2 N–H and O–H groups in total. The van der Waals surface area contributed by atoms with Crippen LogP contribution in [0.5, 0.6) is 0 Å². The van der Waals surface area contributed by atoms with Crippen LogP contribution in [0.3, 0.4) is 0 Å². The summed E-state index contributed by atoms with van der Waals surface area (Å²) in [5.74, 6) is 1.85. The molecule has 0 saturated heterocycles. The van der Waals surface area contributed by atoms with Gasteiger partial charge in [0.2, 0.25) is 0 Å². The molecular weight excluding hydrogens is 214 g/mol. The topological polar surface area (TPSA) is 46.2 Å². The number of hydrogen-bond acceptors (Lipinski definition) is 4. The molecule has 1 rings (SSSR count). The fraction of sp³-hybridized carbons (Fsp3) is 0.615. The van der Waals surface area contributed by atoms with Gasteiger partial charge in [-0.2, -0.15) is 0 Å². The van der Waals surface area contributed by atoms with Crippen molar-refractivity contribution in [1.82, 2.24) is 4.98 Å². The molecule has 0 saturated carbocycles. The minimum atomic E-state index is 0.689. The molecule has 0 atom stereocenters. The fourth-order valence-corrected chi connectivity index (χ4v) is 1.52. The van der Waals surface area contributed by atoms with Gasteiger partial charge >= 0.3 is 0 Å². The van der Waals surface area contributed by atoms with Gasteiger partial charge in [0.1, 0.15) is 11.6 Å². The molecule has 0 aliphatic rings. The predicted molar refractivity (Wildman–Crippen MR) is 72.7 cm³/mol. The number of aromatic nitrogens is 1. The molecule has 0 aromatic carbocycles. The average Bonchev–Trinajstić information content (AvgIpc) is 2.29. The van der Waals surface area contributed by atoms with Crippen molar-refractivity contribution in [3.63, 3.8) is 0 Å². The number of aryl methyl sites for hydroxylation is 1. The van der Waals surface area contributed by atoms with Crippen molar-refractivity contribution in [2.45, 2.75) is 26.7 Å². The van der Waals surface area contributed by atoms with Crippen molar-refractivity contribution in [1.29, 1.82) is 0 Å². The number of ether oxygens (including phenoxy) is 1. The van der Waals surface area contributed by atoms with Crippen LogP contribution in [0.4, 0.5) is 11.6 Å². The summed E-state index contributed by atoms with van der Waals surface area (Å²) in [6.07, 6.45) is 2.36. The molecule has 0 fully saturated rings. The van der Waals surface area contributed by atoms with Crippen LogP contribution in [-0.4, -0.2) is 31.8 Å². The molecule has 4 heteroatoms. The third-order valence-corrected chi connectivity index (χ3v) is 2.42. The van der Waals surface area contributed by atoms with Crippen LogP contribution in [0.1, 0.15) is 25.3 Å². The quantitative estimate of drug-likeness (QED) is 0.682. The van der Waals surface area contributed by atoms with E-state index in [1.54, 1.807) is 7.11 Å². The number of anilines is 2. The Morgan fingerprint density at radius 3 is 2.41 bits per heavy atom. The second kappa shape index (κ2) is 7.90. The van der Waals surface area contributed by atoms with Gasteiger partial charge in [0, 0.05) is 20.2 Å². The van der Waals surface area contributed by atoms with Crippen LogP contribution in [0.2, 0.25) is 0 Å². The third-order valence-electron chi connectivity index (χ3n) is 2.42. The zero-order valence-corrected chi connectivity index (χ0v) is 11.0. The van der Waals surface area contributed by atoms with Crippen molar-refractivity contribution in [3.05, 3.63) is 17.7 Å². The molecule has 1 aromatic rings. The van der Waals surface area contributed by atoms with Crippen LogP contribution in [-0.2, 0) is 4.74 Å². The second-order valence-electron chi connectivity index (χ2n) is 4.11. The summed E-state index contributed by atoms with van der Waals surface area (Å²) < 4.78 is 5.00. The minimum absolute atomic E-state index is 0.689. The van der Waals surface area contributed by atoms with Crippen molar-refractivity contribution in [2.75, 3.05) is 37.4 Å². The molecule has 17 heavy (non-hydrogen) atoms. The lowest BCUT2D eigenvalue weighted by atomic mass is 10.2. The summed E-state index contributed by atoms with van der Waals surface area (Å²) in [5, 5.41) is 6.58. The van der Waals surface area contributed by atoms with Gasteiger partial charge in [-0.3, -0.25) is 0 Å². The van der Waals surface area contributed by atoms with E-state index in [9.17, 15) is 0 Å². The lowest BCUT2D eigenvalue weighted by molar-refractivity contribution is 0.210. The van der Waals surface area contributed by atoms with Crippen LogP contribution in [0.15, 0.2) is 12.1 Å². The Bertz CT molecular complexity index is 300. The molecular formula is C13H23N3O. The van der Waals surface area contributed by atoms with Crippen molar-refractivity contribution < 1.29 is 4.74 Å². The number of rotatable bonds is 8. The van der Waals surface area contributed by atoms with Gasteiger partial charge in [-0.15, -0.1) is 0 Å².